The molecule has 1 aliphatic heterocycles. The summed E-state index contributed by atoms with van der Waals surface area (Å²) < 4.78 is 13.3. The first-order chi connectivity index (χ1) is 17.3. The fourth-order valence-corrected chi connectivity index (χ4v) is 6.23. The second kappa shape index (κ2) is 11.9. The van der Waals surface area contributed by atoms with Gasteiger partial charge in [-0.25, -0.2) is 0 Å². The molecule has 184 valence electrons. The van der Waals surface area contributed by atoms with E-state index in [0.717, 1.165) is 50.3 Å². The third-order valence-electron chi connectivity index (χ3n) is 6.92. The molecule has 0 amide bonds. The van der Waals surface area contributed by atoms with Gasteiger partial charge < -0.3 is 15.2 Å². The molecule has 3 aromatic rings. The normalized spacial score (nSPS) is 16.4. The van der Waals surface area contributed by atoms with Gasteiger partial charge in [0.1, 0.15) is 12.4 Å². The average Bonchev–Trinajstić information content (AvgIpc) is 3.54. The lowest BCUT2D eigenvalue weighted by atomic mass is 9.95. The predicted octanol–water partition coefficient (Wildman–Crippen LogP) is 6.39. The molecule has 2 aromatic carbocycles. The zero-order chi connectivity index (χ0) is 23.9. The first kappa shape index (κ1) is 24.1. The molecule has 1 fully saturated rings. The summed E-state index contributed by atoms with van der Waals surface area (Å²) in [5.41, 5.74) is 9.75. The largest absolute Gasteiger partial charge is 0.498 e. The van der Waals surface area contributed by atoms with Gasteiger partial charge in [-0.05, 0) is 98.1 Å². The van der Waals surface area contributed by atoms with E-state index in [1.165, 1.54) is 57.6 Å². The van der Waals surface area contributed by atoms with E-state index in [2.05, 4.69) is 65.6 Å². The minimum Gasteiger partial charge on any atom is -0.498 e. The predicted molar refractivity (Wildman–Crippen MR) is 147 cm³/mol. The molecule has 5 rings (SSSR count). The Morgan fingerprint density at radius 2 is 1.71 bits per heavy atom. The lowest BCUT2D eigenvalue weighted by Crippen LogP contribution is -2.25. The van der Waals surface area contributed by atoms with E-state index in [9.17, 15) is 0 Å². The molecular formula is C30H36N2O2S. The maximum atomic E-state index is 6.02. The Morgan fingerprint density at radius 3 is 2.49 bits per heavy atom. The van der Waals surface area contributed by atoms with Gasteiger partial charge in [-0.2, -0.15) is 0 Å². The second-order valence-corrected chi connectivity index (χ2v) is 10.5. The van der Waals surface area contributed by atoms with Gasteiger partial charge in [0, 0.05) is 22.5 Å². The van der Waals surface area contributed by atoms with Gasteiger partial charge in [0.05, 0.1) is 12.4 Å². The van der Waals surface area contributed by atoms with Gasteiger partial charge in [0.2, 0.25) is 0 Å². The van der Waals surface area contributed by atoms with Crippen LogP contribution in [-0.2, 0) is 11.2 Å². The molecule has 1 aromatic heterocycles. The first-order valence-electron chi connectivity index (χ1n) is 13.0. The summed E-state index contributed by atoms with van der Waals surface area (Å²) in [6.45, 7) is 5.60. The van der Waals surface area contributed by atoms with E-state index in [1.54, 1.807) is 0 Å². The van der Waals surface area contributed by atoms with Gasteiger partial charge in [-0.15, -0.1) is 11.3 Å². The molecule has 4 nitrogen and oxygen atoms in total. The van der Waals surface area contributed by atoms with Crippen molar-refractivity contribution in [3.63, 3.8) is 0 Å². The zero-order valence-electron chi connectivity index (χ0n) is 20.5. The Hall–Kier alpha value is -2.60. The summed E-state index contributed by atoms with van der Waals surface area (Å²) >= 11 is 1.91. The van der Waals surface area contributed by atoms with Crippen molar-refractivity contribution in [3.8, 4) is 5.75 Å². The molecular weight excluding hydrogens is 452 g/mol. The highest BCUT2D eigenvalue weighted by molar-refractivity contribution is 7.20. The molecule has 2 N–H and O–H groups in total. The Balaban J connectivity index is 1.30. The standard InChI is InChI=1S/C30H36N2O2S/c31-16-5-20-33-26-14-10-24(11-15-26)30-28(27-6-1-2-7-29(27)35-30)22-23-8-12-25(13-9-23)34-21-19-32-17-3-4-18-32/h1-2,6-10,12-14H,3-5,11,15-22,31H2. The summed E-state index contributed by atoms with van der Waals surface area (Å²) in [6, 6.07) is 17.5. The lowest BCUT2D eigenvalue weighted by molar-refractivity contribution is 0.200. The van der Waals surface area contributed by atoms with Gasteiger partial charge in [-0.3, -0.25) is 4.90 Å². The fraction of sp³-hybridized carbons (Fsp3) is 0.400. The van der Waals surface area contributed by atoms with Gasteiger partial charge in [-0.1, -0.05) is 36.4 Å². The van der Waals surface area contributed by atoms with Crippen LogP contribution in [0.5, 0.6) is 5.75 Å². The quantitative estimate of drug-likeness (QED) is 0.318. The van der Waals surface area contributed by atoms with Crippen molar-refractivity contribution in [2.45, 2.75) is 38.5 Å². The highest BCUT2D eigenvalue weighted by Gasteiger charge is 2.18. The van der Waals surface area contributed by atoms with E-state index < -0.39 is 0 Å². The third-order valence-corrected chi connectivity index (χ3v) is 8.20. The van der Waals surface area contributed by atoms with Gasteiger partial charge >= 0.3 is 0 Å². The zero-order valence-corrected chi connectivity index (χ0v) is 21.3. The molecule has 2 heterocycles. The van der Waals surface area contributed by atoms with E-state index in [1.807, 2.05) is 11.3 Å². The smallest absolute Gasteiger partial charge is 0.119 e. The van der Waals surface area contributed by atoms with Crippen LogP contribution in [-0.4, -0.2) is 44.3 Å². The van der Waals surface area contributed by atoms with Crippen LogP contribution in [0.4, 0.5) is 0 Å². The van der Waals surface area contributed by atoms with Crippen LogP contribution >= 0.6 is 11.3 Å². The molecule has 0 spiro atoms. The van der Waals surface area contributed by atoms with Crippen molar-refractivity contribution in [2.24, 2.45) is 5.73 Å². The van der Waals surface area contributed by atoms with Crippen LogP contribution in [0.15, 0.2) is 66.4 Å². The van der Waals surface area contributed by atoms with E-state index in [-0.39, 0.29) is 0 Å². The van der Waals surface area contributed by atoms with Crippen molar-refractivity contribution < 1.29 is 9.47 Å². The summed E-state index contributed by atoms with van der Waals surface area (Å²) in [7, 11) is 0. The molecule has 0 bridgehead atoms. The molecule has 0 unspecified atom stereocenters. The van der Waals surface area contributed by atoms with Crippen molar-refractivity contribution in [3.05, 3.63) is 82.4 Å². The Labute approximate surface area is 213 Å². The number of allylic oxidation sites excluding steroid dienone is 4. The highest BCUT2D eigenvalue weighted by Crippen LogP contribution is 2.40. The van der Waals surface area contributed by atoms with Crippen LogP contribution in [0.2, 0.25) is 0 Å². The molecule has 0 saturated carbocycles. The summed E-state index contributed by atoms with van der Waals surface area (Å²) in [5.74, 6) is 2.04. The maximum absolute atomic E-state index is 6.02. The SMILES string of the molecule is NCCCOC1=CC=C(c2sc3ccccc3c2Cc2ccc(OCCN3CCCC3)cc2)CC1. The number of thiophene rings is 1. The number of benzene rings is 2. The van der Waals surface area contributed by atoms with Gasteiger partial charge in [0.15, 0.2) is 0 Å². The molecule has 0 atom stereocenters. The number of nitrogens with two attached hydrogens (primary N) is 1. The summed E-state index contributed by atoms with van der Waals surface area (Å²) in [4.78, 5) is 3.90. The number of fused-ring (bicyclic) bond motifs is 1. The Morgan fingerprint density at radius 1 is 0.886 bits per heavy atom. The van der Waals surface area contributed by atoms with Crippen LogP contribution in [0.1, 0.15) is 48.1 Å². The Kier molecular flexibility index (Phi) is 8.19. The fourth-order valence-electron chi connectivity index (χ4n) is 4.95. The van der Waals surface area contributed by atoms with E-state index in [0.29, 0.717) is 13.2 Å². The van der Waals surface area contributed by atoms with Crippen LogP contribution in [0.3, 0.4) is 0 Å². The summed E-state index contributed by atoms with van der Waals surface area (Å²) in [5, 5.41) is 1.37. The lowest BCUT2D eigenvalue weighted by Gasteiger charge is -2.16. The number of hydrogen-bond acceptors (Lipinski definition) is 5. The number of rotatable bonds is 11. The van der Waals surface area contributed by atoms with Crippen molar-refractivity contribution in [2.75, 3.05) is 39.4 Å². The monoisotopic (exact) mass is 488 g/mol. The van der Waals surface area contributed by atoms with Gasteiger partial charge in [0.25, 0.3) is 0 Å². The van der Waals surface area contributed by atoms with Crippen molar-refractivity contribution in [1.29, 1.82) is 0 Å². The molecule has 35 heavy (non-hydrogen) atoms. The molecule has 2 aliphatic rings. The Bertz CT molecular complexity index is 1170. The summed E-state index contributed by atoms with van der Waals surface area (Å²) in [6.07, 6.45) is 10.8. The number of nitrogens with zero attached hydrogens (tertiary/aromatic N) is 1. The van der Waals surface area contributed by atoms with Crippen LogP contribution in [0.25, 0.3) is 15.7 Å². The average molecular weight is 489 g/mol. The number of ether oxygens (including phenoxy) is 2. The van der Waals surface area contributed by atoms with Crippen molar-refractivity contribution in [1.82, 2.24) is 4.90 Å². The first-order valence-corrected chi connectivity index (χ1v) is 13.8. The van der Waals surface area contributed by atoms with Crippen LogP contribution < -0.4 is 10.5 Å². The van der Waals surface area contributed by atoms with Crippen molar-refractivity contribution >= 4 is 27.0 Å². The molecule has 1 aliphatic carbocycles. The third kappa shape index (κ3) is 6.16. The molecule has 0 radical (unpaired) electrons. The number of hydrogen-bond donors (Lipinski definition) is 1. The maximum Gasteiger partial charge on any atom is 0.119 e. The van der Waals surface area contributed by atoms with E-state index >= 15 is 0 Å². The van der Waals surface area contributed by atoms with Crippen LogP contribution in [0, 0.1) is 0 Å². The number of likely N-dealkylation sites (tertiary alicyclic amines) is 1. The minimum absolute atomic E-state index is 0.672. The van der Waals surface area contributed by atoms with E-state index in [4.69, 9.17) is 15.2 Å². The highest BCUT2D eigenvalue weighted by atomic mass is 32.1. The minimum atomic E-state index is 0.672. The topological polar surface area (TPSA) is 47.7 Å². The molecule has 1 saturated heterocycles. The second-order valence-electron chi connectivity index (χ2n) is 9.44. The molecule has 5 heteroatoms.